The minimum absolute atomic E-state index is 0.652. The number of benzene rings is 1. The van der Waals surface area contributed by atoms with E-state index in [0.717, 1.165) is 6.04 Å². The Hall–Kier alpha value is -1.22. The first-order chi connectivity index (χ1) is 10.4. The maximum atomic E-state index is 3.84. The molecule has 0 saturated carbocycles. The molecular weight excluding hydrogens is 258 g/mol. The Morgan fingerprint density at radius 2 is 1.76 bits per heavy atom. The predicted octanol–water partition coefficient (Wildman–Crippen LogP) is 3.33. The van der Waals surface area contributed by atoms with Gasteiger partial charge in [0.15, 0.2) is 0 Å². The third-order valence-corrected chi connectivity index (χ3v) is 5.53. The molecule has 3 heterocycles. The summed E-state index contributed by atoms with van der Waals surface area (Å²) in [5.41, 5.74) is 2.72. The highest BCUT2D eigenvalue weighted by molar-refractivity contribution is 5.59. The smallest absolute Gasteiger partial charge is 0.0429 e. The van der Waals surface area contributed by atoms with Gasteiger partial charge in [-0.2, -0.15) is 0 Å². The van der Waals surface area contributed by atoms with Gasteiger partial charge in [-0.15, -0.1) is 0 Å². The molecule has 0 bridgehead atoms. The van der Waals surface area contributed by atoms with Gasteiger partial charge in [0.05, 0.1) is 0 Å². The monoisotopic (exact) mass is 285 g/mol. The van der Waals surface area contributed by atoms with E-state index in [2.05, 4.69) is 39.4 Å². The van der Waals surface area contributed by atoms with Gasteiger partial charge in [-0.25, -0.2) is 0 Å². The topological polar surface area (TPSA) is 18.5 Å². The first-order valence-electron chi connectivity index (χ1n) is 8.76. The molecule has 0 spiro atoms. The summed E-state index contributed by atoms with van der Waals surface area (Å²) in [4.78, 5) is 5.22. The van der Waals surface area contributed by atoms with Gasteiger partial charge >= 0.3 is 0 Å². The fourth-order valence-electron chi connectivity index (χ4n) is 4.40. The number of nitrogens with one attached hydrogen (secondary N) is 1. The summed E-state index contributed by atoms with van der Waals surface area (Å²) in [6.45, 7) is 5.05. The summed E-state index contributed by atoms with van der Waals surface area (Å²) in [6.07, 6.45) is 8.18. The van der Waals surface area contributed by atoms with Gasteiger partial charge in [-0.1, -0.05) is 12.5 Å². The molecule has 1 aromatic rings. The number of hydrogen-bond acceptors (Lipinski definition) is 3. The fraction of sp³-hybridized carbons (Fsp3) is 0.667. The minimum Gasteiger partial charge on any atom is -0.381 e. The third kappa shape index (κ3) is 2.76. The van der Waals surface area contributed by atoms with Crippen LogP contribution < -0.4 is 10.2 Å². The number of fused-ring (bicyclic) bond motifs is 1. The lowest BCUT2D eigenvalue weighted by molar-refractivity contribution is 0.193. The van der Waals surface area contributed by atoms with Crippen LogP contribution in [0.4, 0.5) is 11.4 Å². The van der Waals surface area contributed by atoms with Crippen LogP contribution in [0.3, 0.4) is 0 Å². The van der Waals surface area contributed by atoms with E-state index in [1.807, 2.05) is 0 Å². The molecule has 2 atom stereocenters. The second-order valence-corrected chi connectivity index (χ2v) is 6.88. The Labute approximate surface area is 128 Å². The maximum absolute atomic E-state index is 3.84. The molecule has 0 aliphatic carbocycles. The Kier molecular flexibility index (Phi) is 3.76. The lowest BCUT2D eigenvalue weighted by Gasteiger charge is -2.33. The summed E-state index contributed by atoms with van der Waals surface area (Å²) in [6, 6.07) is 10.5. The molecule has 3 fully saturated rings. The molecule has 4 rings (SSSR count). The second-order valence-electron chi connectivity index (χ2n) is 6.88. The standard InChI is InChI=1S/C18H27N3/c1-2-12-21-13-9-17(18(21)8-1)19-15-6-5-7-16(14-15)20-10-3-4-11-20/h5-7,14,17-19H,1-4,8-13H2. The van der Waals surface area contributed by atoms with Crippen molar-refractivity contribution < 1.29 is 0 Å². The van der Waals surface area contributed by atoms with Crippen LogP contribution in [0.5, 0.6) is 0 Å². The van der Waals surface area contributed by atoms with E-state index in [1.54, 1.807) is 0 Å². The van der Waals surface area contributed by atoms with Crippen molar-refractivity contribution in [3.63, 3.8) is 0 Å². The molecule has 3 saturated heterocycles. The number of hydrogen-bond donors (Lipinski definition) is 1. The normalized spacial score (nSPS) is 29.6. The molecule has 1 aromatic carbocycles. The highest BCUT2D eigenvalue weighted by Gasteiger charge is 2.35. The Bertz CT molecular complexity index is 481. The van der Waals surface area contributed by atoms with E-state index in [1.165, 1.54) is 76.1 Å². The quantitative estimate of drug-likeness (QED) is 0.919. The van der Waals surface area contributed by atoms with E-state index in [-0.39, 0.29) is 0 Å². The Balaban J connectivity index is 1.45. The highest BCUT2D eigenvalue weighted by atomic mass is 15.2. The zero-order valence-corrected chi connectivity index (χ0v) is 12.9. The van der Waals surface area contributed by atoms with E-state index in [9.17, 15) is 0 Å². The van der Waals surface area contributed by atoms with Gasteiger partial charge in [-0.3, -0.25) is 4.90 Å². The second kappa shape index (κ2) is 5.88. The first-order valence-corrected chi connectivity index (χ1v) is 8.76. The van der Waals surface area contributed by atoms with Crippen LogP contribution >= 0.6 is 0 Å². The third-order valence-electron chi connectivity index (χ3n) is 5.53. The summed E-state index contributed by atoms with van der Waals surface area (Å²) in [5, 5.41) is 3.84. The van der Waals surface area contributed by atoms with Crippen LogP contribution in [0.25, 0.3) is 0 Å². The van der Waals surface area contributed by atoms with Gasteiger partial charge in [0.1, 0.15) is 0 Å². The Morgan fingerprint density at radius 1 is 0.905 bits per heavy atom. The maximum Gasteiger partial charge on any atom is 0.0429 e. The lowest BCUT2D eigenvalue weighted by Crippen LogP contribution is -2.41. The van der Waals surface area contributed by atoms with Crippen molar-refractivity contribution in [2.45, 2.75) is 50.6 Å². The average molecular weight is 285 g/mol. The van der Waals surface area contributed by atoms with E-state index in [4.69, 9.17) is 0 Å². The van der Waals surface area contributed by atoms with Crippen molar-refractivity contribution in [1.82, 2.24) is 4.90 Å². The lowest BCUT2D eigenvalue weighted by atomic mass is 9.99. The van der Waals surface area contributed by atoms with Crippen LogP contribution in [-0.4, -0.2) is 43.2 Å². The summed E-state index contributed by atoms with van der Waals surface area (Å²) in [5.74, 6) is 0. The number of nitrogens with zero attached hydrogens (tertiary/aromatic N) is 2. The van der Waals surface area contributed by atoms with Gasteiger partial charge in [-0.05, 0) is 56.8 Å². The van der Waals surface area contributed by atoms with Crippen molar-refractivity contribution >= 4 is 11.4 Å². The van der Waals surface area contributed by atoms with Gasteiger partial charge < -0.3 is 10.2 Å². The number of rotatable bonds is 3. The van der Waals surface area contributed by atoms with Gasteiger partial charge in [0, 0.05) is 43.1 Å². The van der Waals surface area contributed by atoms with Gasteiger partial charge in [0.2, 0.25) is 0 Å². The molecule has 1 N–H and O–H groups in total. The minimum atomic E-state index is 0.652. The molecule has 21 heavy (non-hydrogen) atoms. The molecule has 0 radical (unpaired) electrons. The molecule has 3 aliphatic heterocycles. The van der Waals surface area contributed by atoms with E-state index >= 15 is 0 Å². The average Bonchev–Trinajstić information content (AvgIpc) is 3.18. The van der Waals surface area contributed by atoms with Crippen LogP contribution in [0.2, 0.25) is 0 Å². The molecule has 0 aromatic heterocycles. The molecule has 0 amide bonds. The van der Waals surface area contributed by atoms with Gasteiger partial charge in [0.25, 0.3) is 0 Å². The van der Waals surface area contributed by atoms with Crippen molar-refractivity contribution in [3.8, 4) is 0 Å². The van der Waals surface area contributed by atoms with E-state index < -0.39 is 0 Å². The molecule has 3 aliphatic rings. The molecule has 3 heteroatoms. The molecule has 114 valence electrons. The van der Waals surface area contributed by atoms with Crippen LogP contribution in [-0.2, 0) is 0 Å². The predicted molar refractivity (Wildman–Crippen MR) is 89.1 cm³/mol. The summed E-state index contributed by atoms with van der Waals surface area (Å²) >= 11 is 0. The largest absolute Gasteiger partial charge is 0.381 e. The highest BCUT2D eigenvalue weighted by Crippen LogP contribution is 2.30. The SMILES string of the molecule is c1cc(NC2CCN3CCCCC23)cc(N2CCCC2)c1. The zero-order chi connectivity index (χ0) is 14.1. The summed E-state index contributed by atoms with van der Waals surface area (Å²) < 4.78 is 0. The molecule has 2 unspecified atom stereocenters. The van der Waals surface area contributed by atoms with Crippen LogP contribution in [0.15, 0.2) is 24.3 Å². The number of anilines is 2. The first kappa shape index (κ1) is 13.4. The molecule has 3 nitrogen and oxygen atoms in total. The van der Waals surface area contributed by atoms with Crippen molar-refractivity contribution in [2.24, 2.45) is 0 Å². The van der Waals surface area contributed by atoms with Crippen molar-refractivity contribution in [3.05, 3.63) is 24.3 Å². The van der Waals surface area contributed by atoms with Crippen LogP contribution in [0, 0.1) is 0 Å². The zero-order valence-electron chi connectivity index (χ0n) is 12.9. The number of piperidine rings is 1. The summed E-state index contributed by atoms with van der Waals surface area (Å²) in [7, 11) is 0. The van der Waals surface area contributed by atoms with Crippen molar-refractivity contribution in [1.29, 1.82) is 0 Å². The van der Waals surface area contributed by atoms with E-state index in [0.29, 0.717) is 6.04 Å². The fourth-order valence-corrected chi connectivity index (χ4v) is 4.40. The van der Waals surface area contributed by atoms with Crippen LogP contribution in [0.1, 0.15) is 38.5 Å². The van der Waals surface area contributed by atoms with Crippen molar-refractivity contribution in [2.75, 3.05) is 36.4 Å². The molecular formula is C18H27N3. The Morgan fingerprint density at radius 3 is 2.67 bits per heavy atom.